The molecule has 6 heteroatoms. The van der Waals surface area contributed by atoms with Crippen LogP contribution in [0.5, 0.6) is 0 Å². The molecule has 4 aliphatic carbocycles. The van der Waals surface area contributed by atoms with Gasteiger partial charge in [0.1, 0.15) is 6.10 Å². The predicted molar refractivity (Wildman–Crippen MR) is 231 cm³/mol. The SMILES string of the molecule is CC[C@H](CC[C@@H](C)[C@H]1CC[C@H]2[C@@H]3CC=C4C[C@@H](OC(=O)CCCC(=O)N(CCCCCCCC(C)(C)N)CCC(C)(C)N)CC[C@]4(C)C3CC[C@]12C)C(C)C. The van der Waals surface area contributed by atoms with Crippen LogP contribution in [0.3, 0.4) is 0 Å². The van der Waals surface area contributed by atoms with E-state index in [0.29, 0.717) is 31.2 Å². The molecule has 0 aromatic rings. The molecule has 4 rings (SSSR count). The number of carbonyl (C=O) groups is 2. The van der Waals surface area contributed by atoms with E-state index < -0.39 is 0 Å². The lowest BCUT2D eigenvalue weighted by Gasteiger charge is -2.58. The van der Waals surface area contributed by atoms with Crippen LogP contribution in [0.25, 0.3) is 0 Å². The quantitative estimate of drug-likeness (QED) is 0.0649. The Morgan fingerprint density at radius 3 is 2.20 bits per heavy atom. The van der Waals surface area contributed by atoms with E-state index in [1.165, 1.54) is 64.2 Å². The van der Waals surface area contributed by atoms with Crippen molar-refractivity contribution in [3.05, 3.63) is 11.6 Å². The second-order valence-corrected chi connectivity index (χ2v) is 21.8. The summed E-state index contributed by atoms with van der Waals surface area (Å²) in [6.07, 6.45) is 25.2. The van der Waals surface area contributed by atoms with Gasteiger partial charge in [-0.05, 0) is 157 Å². The second kappa shape index (κ2) is 20.0. The maximum atomic E-state index is 13.4. The summed E-state index contributed by atoms with van der Waals surface area (Å²) in [4.78, 5) is 28.5. The van der Waals surface area contributed by atoms with Gasteiger partial charge in [0, 0.05) is 43.4 Å². The molecule has 6 nitrogen and oxygen atoms in total. The van der Waals surface area contributed by atoms with Crippen molar-refractivity contribution >= 4 is 11.9 Å². The number of unbranched alkanes of at least 4 members (excludes halogenated alkanes) is 4. The molecule has 0 aliphatic heterocycles. The molecule has 1 amide bonds. The third-order valence-corrected chi connectivity index (χ3v) is 16.0. The fourth-order valence-corrected chi connectivity index (χ4v) is 12.4. The van der Waals surface area contributed by atoms with Crippen LogP contribution < -0.4 is 11.5 Å². The van der Waals surface area contributed by atoms with Gasteiger partial charge in [0.2, 0.25) is 5.91 Å². The van der Waals surface area contributed by atoms with Crippen molar-refractivity contribution in [1.82, 2.24) is 4.90 Å². The molecule has 0 spiro atoms. The Labute approximate surface area is 339 Å². The van der Waals surface area contributed by atoms with Crippen molar-refractivity contribution in [2.24, 2.45) is 63.7 Å². The molecular weight excluding hydrogens is 679 g/mol. The molecule has 3 fully saturated rings. The average Bonchev–Trinajstić information content (AvgIpc) is 3.45. The van der Waals surface area contributed by atoms with Crippen molar-refractivity contribution < 1.29 is 14.3 Å². The maximum absolute atomic E-state index is 13.4. The fourth-order valence-electron chi connectivity index (χ4n) is 12.4. The predicted octanol–water partition coefficient (Wildman–Crippen LogP) is 11.8. The van der Waals surface area contributed by atoms with Gasteiger partial charge < -0.3 is 21.1 Å². The third kappa shape index (κ3) is 12.8. The first-order valence-corrected chi connectivity index (χ1v) is 23.5. The van der Waals surface area contributed by atoms with Gasteiger partial charge in [0.05, 0.1) is 0 Å². The van der Waals surface area contributed by atoms with Crippen LogP contribution in [0, 0.1) is 52.3 Å². The molecule has 0 saturated heterocycles. The molecule has 0 radical (unpaired) electrons. The standard InChI is InChI=1S/C49H89N3O3/c1-11-37(35(2)3)21-20-36(4)41-24-25-42-40-23-22-38-34-39(26-29-48(38,9)43(40)27-30-49(41,42)10)55-45(54)19-17-18-44(53)52(33-31-47(7,8)51)32-16-14-12-13-15-28-46(5,6)50/h22,35-37,39-43H,11-21,23-34,50-51H2,1-10H3/t36-,37-,39+,40+,41-,42+,43?,48+,49-/m1/s1. The van der Waals surface area contributed by atoms with Crippen molar-refractivity contribution in [1.29, 1.82) is 0 Å². The normalized spacial score (nSPS) is 30.6. The van der Waals surface area contributed by atoms with Crippen LogP contribution in [0.4, 0.5) is 0 Å². The Balaban J connectivity index is 1.23. The minimum Gasteiger partial charge on any atom is -0.462 e. The Morgan fingerprint density at radius 1 is 0.836 bits per heavy atom. The number of esters is 1. The molecule has 4 aliphatic rings. The molecule has 318 valence electrons. The van der Waals surface area contributed by atoms with E-state index in [4.69, 9.17) is 16.2 Å². The van der Waals surface area contributed by atoms with E-state index in [1.54, 1.807) is 5.57 Å². The molecule has 1 unspecified atom stereocenters. The first kappa shape index (κ1) is 46.3. The van der Waals surface area contributed by atoms with Gasteiger partial charge in [-0.2, -0.15) is 0 Å². The van der Waals surface area contributed by atoms with Gasteiger partial charge in [-0.15, -0.1) is 0 Å². The van der Waals surface area contributed by atoms with Crippen LogP contribution in [-0.2, 0) is 14.3 Å². The zero-order chi connectivity index (χ0) is 40.6. The average molecular weight is 768 g/mol. The Bertz CT molecular complexity index is 1250. The highest BCUT2D eigenvalue weighted by Gasteiger charge is 2.59. The molecule has 9 atom stereocenters. The number of carbonyl (C=O) groups excluding carboxylic acids is 2. The number of nitrogens with two attached hydrogens (primary N) is 2. The molecule has 0 aromatic heterocycles. The van der Waals surface area contributed by atoms with E-state index >= 15 is 0 Å². The summed E-state index contributed by atoms with van der Waals surface area (Å²) < 4.78 is 6.15. The number of rotatable bonds is 22. The van der Waals surface area contributed by atoms with E-state index in [-0.39, 0.29) is 34.5 Å². The Morgan fingerprint density at radius 2 is 1.53 bits per heavy atom. The lowest BCUT2D eigenvalue weighted by molar-refractivity contribution is -0.151. The molecular formula is C49H89N3O3. The van der Waals surface area contributed by atoms with Crippen LogP contribution in [0.15, 0.2) is 11.6 Å². The zero-order valence-electron chi connectivity index (χ0n) is 37.8. The number of allylic oxidation sites excluding steroid dienone is 1. The summed E-state index contributed by atoms with van der Waals surface area (Å²) in [7, 11) is 0. The highest BCUT2D eigenvalue weighted by Crippen LogP contribution is 2.67. The fraction of sp³-hybridized carbons (Fsp3) is 0.918. The number of amides is 1. The summed E-state index contributed by atoms with van der Waals surface area (Å²) in [5, 5.41) is 0. The number of fused-ring (bicyclic) bond motifs is 5. The Kier molecular flexibility index (Phi) is 16.9. The Hall–Kier alpha value is -1.40. The van der Waals surface area contributed by atoms with Crippen LogP contribution in [-0.4, -0.2) is 47.0 Å². The van der Waals surface area contributed by atoms with Gasteiger partial charge in [0.25, 0.3) is 0 Å². The van der Waals surface area contributed by atoms with Crippen molar-refractivity contribution in [3.8, 4) is 0 Å². The molecule has 4 N–H and O–H groups in total. The van der Waals surface area contributed by atoms with Gasteiger partial charge in [-0.25, -0.2) is 0 Å². The van der Waals surface area contributed by atoms with Crippen LogP contribution >= 0.6 is 0 Å². The monoisotopic (exact) mass is 768 g/mol. The van der Waals surface area contributed by atoms with Gasteiger partial charge in [0.15, 0.2) is 0 Å². The zero-order valence-corrected chi connectivity index (χ0v) is 37.8. The molecule has 55 heavy (non-hydrogen) atoms. The maximum Gasteiger partial charge on any atom is 0.306 e. The molecule has 3 saturated carbocycles. The first-order valence-electron chi connectivity index (χ1n) is 23.5. The summed E-state index contributed by atoms with van der Waals surface area (Å²) in [5.74, 6) is 5.81. The lowest BCUT2D eigenvalue weighted by atomic mass is 9.47. The third-order valence-electron chi connectivity index (χ3n) is 16.0. The summed E-state index contributed by atoms with van der Waals surface area (Å²) in [6, 6.07) is 0. The minimum absolute atomic E-state index is 0.0263. The highest BCUT2D eigenvalue weighted by molar-refractivity contribution is 5.77. The minimum atomic E-state index is -0.316. The number of ether oxygens (including phenoxy) is 1. The van der Waals surface area contributed by atoms with E-state index in [9.17, 15) is 9.59 Å². The van der Waals surface area contributed by atoms with Crippen molar-refractivity contribution in [2.45, 2.75) is 221 Å². The summed E-state index contributed by atoms with van der Waals surface area (Å²) in [5.41, 5.74) is 14.3. The topological polar surface area (TPSA) is 98.7 Å². The second-order valence-electron chi connectivity index (χ2n) is 21.8. The smallest absolute Gasteiger partial charge is 0.306 e. The van der Waals surface area contributed by atoms with Crippen LogP contribution in [0.2, 0.25) is 0 Å². The lowest BCUT2D eigenvalue weighted by Crippen LogP contribution is -2.51. The molecule has 0 bridgehead atoms. The van der Waals surface area contributed by atoms with Crippen molar-refractivity contribution in [2.75, 3.05) is 13.1 Å². The largest absolute Gasteiger partial charge is 0.462 e. The number of hydrogen-bond donors (Lipinski definition) is 2. The van der Waals surface area contributed by atoms with Gasteiger partial charge in [-0.1, -0.05) is 91.7 Å². The van der Waals surface area contributed by atoms with Gasteiger partial charge >= 0.3 is 5.97 Å². The van der Waals surface area contributed by atoms with Crippen molar-refractivity contribution in [3.63, 3.8) is 0 Å². The molecule has 0 heterocycles. The van der Waals surface area contributed by atoms with Gasteiger partial charge in [-0.3, -0.25) is 9.59 Å². The molecule has 0 aromatic carbocycles. The first-order chi connectivity index (χ1) is 25.8. The summed E-state index contributed by atoms with van der Waals surface area (Å²) in [6.45, 7) is 24.7. The number of nitrogens with zero attached hydrogens (tertiary/aromatic N) is 1. The van der Waals surface area contributed by atoms with E-state index in [2.05, 4.69) is 61.5 Å². The number of hydrogen-bond acceptors (Lipinski definition) is 5. The summed E-state index contributed by atoms with van der Waals surface area (Å²) >= 11 is 0. The highest BCUT2D eigenvalue weighted by atomic mass is 16.5. The van der Waals surface area contributed by atoms with Crippen LogP contribution in [0.1, 0.15) is 204 Å². The van der Waals surface area contributed by atoms with E-state index in [1.807, 2.05) is 18.7 Å². The van der Waals surface area contributed by atoms with E-state index in [0.717, 1.165) is 99.3 Å².